The molecule has 0 saturated carbocycles. The molecule has 18 heavy (non-hydrogen) atoms. The normalized spacial score (nSPS) is 19.7. The number of hydrogen-bond acceptors (Lipinski definition) is 1. The van der Waals surface area contributed by atoms with Gasteiger partial charge in [-0.05, 0) is 44.4 Å². The highest BCUT2D eigenvalue weighted by atomic mass is 79.9. The quantitative estimate of drug-likeness (QED) is 0.835. The van der Waals surface area contributed by atoms with Gasteiger partial charge in [0, 0.05) is 17.1 Å². The number of benzene rings is 1. The fraction of sp³-hybridized carbons (Fsp3) is 0.462. The van der Waals surface area contributed by atoms with Crippen molar-refractivity contribution in [3.05, 3.63) is 28.5 Å². The van der Waals surface area contributed by atoms with E-state index in [1.54, 1.807) is 17.0 Å². The number of urea groups is 1. The van der Waals surface area contributed by atoms with Crippen molar-refractivity contribution in [2.75, 3.05) is 11.9 Å². The minimum absolute atomic E-state index is 0.219. The molecular formula is C13H16BrFN2O. The van der Waals surface area contributed by atoms with Gasteiger partial charge in [-0.2, -0.15) is 0 Å². The lowest BCUT2D eigenvalue weighted by Crippen LogP contribution is -2.44. The highest BCUT2D eigenvalue weighted by Gasteiger charge is 2.23. The number of nitrogens with one attached hydrogen (secondary N) is 1. The second kappa shape index (κ2) is 5.69. The molecule has 1 fully saturated rings. The summed E-state index contributed by atoms with van der Waals surface area (Å²) in [5, 5.41) is 2.63. The van der Waals surface area contributed by atoms with Crippen molar-refractivity contribution in [3.63, 3.8) is 0 Å². The van der Waals surface area contributed by atoms with Crippen LogP contribution in [0.2, 0.25) is 0 Å². The molecule has 0 bridgehead atoms. The van der Waals surface area contributed by atoms with E-state index in [2.05, 4.69) is 21.2 Å². The second-order valence-corrected chi connectivity index (χ2v) is 5.51. The molecule has 1 saturated heterocycles. The summed E-state index contributed by atoms with van der Waals surface area (Å²) in [6.45, 7) is 2.77. The number of nitrogens with zero attached hydrogens (tertiary/aromatic N) is 1. The van der Waals surface area contributed by atoms with E-state index in [0.29, 0.717) is 4.47 Å². The monoisotopic (exact) mass is 314 g/mol. The summed E-state index contributed by atoms with van der Waals surface area (Å²) < 4.78 is 14.3. The maximum absolute atomic E-state index is 13.6. The first kappa shape index (κ1) is 13.3. The van der Waals surface area contributed by atoms with Gasteiger partial charge >= 0.3 is 6.03 Å². The molecule has 98 valence electrons. The van der Waals surface area contributed by atoms with Crippen LogP contribution in [-0.4, -0.2) is 23.5 Å². The van der Waals surface area contributed by atoms with E-state index < -0.39 is 5.82 Å². The van der Waals surface area contributed by atoms with E-state index in [9.17, 15) is 9.18 Å². The third kappa shape index (κ3) is 3.02. The van der Waals surface area contributed by atoms with Gasteiger partial charge in [0.15, 0.2) is 0 Å². The number of rotatable bonds is 1. The Kier molecular flexibility index (Phi) is 4.22. The van der Waals surface area contributed by atoms with Gasteiger partial charge in [0.25, 0.3) is 0 Å². The van der Waals surface area contributed by atoms with Crippen LogP contribution in [0.5, 0.6) is 0 Å². The van der Waals surface area contributed by atoms with Crippen molar-refractivity contribution >= 4 is 27.6 Å². The van der Waals surface area contributed by atoms with Gasteiger partial charge in [-0.1, -0.05) is 15.9 Å². The molecule has 1 aliphatic heterocycles. The van der Waals surface area contributed by atoms with Gasteiger partial charge in [-0.25, -0.2) is 9.18 Å². The van der Waals surface area contributed by atoms with Crippen molar-refractivity contribution in [2.24, 2.45) is 0 Å². The molecule has 1 unspecified atom stereocenters. The topological polar surface area (TPSA) is 32.3 Å². The molecule has 2 amide bonds. The van der Waals surface area contributed by atoms with Crippen LogP contribution in [0.3, 0.4) is 0 Å². The van der Waals surface area contributed by atoms with E-state index in [0.717, 1.165) is 25.8 Å². The molecule has 5 heteroatoms. The number of halogens is 2. The predicted octanol–water partition coefficient (Wildman–Crippen LogP) is 3.99. The van der Waals surface area contributed by atoms with Crippen LogP contribution in [-0.2, 0) is 0 Å². The Balaban J connectivity index is 2.06. The van der Waals surface area contributed by atoms with Crippen LogP contribution in [0.25, 0.3) is 0 Å². The van der Waals surface area contributed by atoms with E-state index in [1.165, 1.54) is 6.07 Å². The van der Waals surface area contributed by atoms with Crippen molar-refractivity contribution in [1.82, 2.24) is 4.90 Å². The van der Waals surface area contributed by atoms with E-state index in [1.807, 2.05) is 6.92 Å². The number of anilines is 1. The van der Waals surface area contributed by atoms with Crippen LogP contribution in [0.4, 0.5) is 14.9 Å². The Bertz CT molecular complexity index is 453. The molecule has 1 aromatic carbocycles. The van der Waals surface area contributed by atoms with Gasteiger partial charge < -0.3 is 10.2 Å². The summed E-state index contributed by atoms with van der Waals surface area (Å²) in [6, 6.07) is 4.61. The number of likely N-dealkylation sites (tertiary alicyclic amines) is 1. The zero-order valence-corrected chi connectivity index (χ0v) is 11.8. The van der Waals surface area contributed by atoms with Crippen LogP contribution >= 0.6 is 15.9 Å². The fourth-order valence-corrected chi connectivity index (χ4v) is 2.51. The molecule has 3 nitrogen and oxygen atoms in total. The summed E-state index contributed by atoms with van der Waals surface area (Å²) in [5.74, 6) is -0.428. The SMILES string of the molecule is CC1CCCCN1C(=O)Nc1ccc(Br)cc1F. The Morgan fingerprint density at radius 3 is 2.94 bits per heavy atom. The highest BCUT2D eigenvalue weighted by Crippen LogP contribution is 2.21. The van der Waals surface area contributed by atoms with Crippen molar-refractivity contribution in [2.45, 2.75) is 32.2 Å². The summed E-state index contributed by atoms with van der Waals surface area (Å²) >= 11 is 3.19. The Morgan fingerprint density at radius 1 is 1.50 bits per heavy atom. The van der Waals surface area contributed by atoms with Crippen LogP contribution in [0.1, 0.15) is 26.2 Å². The minimum atomic E-state index is -0.428. The molecule has 1 atom stereocenters. The summed E-state index contributed by atoms with van der Waals surface area (Å²) in [6.07, 6.45) is 3.18. The second-order valence-electron chi connectivity index (χ2n) is 4.59. The summed E-state index contributed by atoms with van der Waals surface area (Å²) in [4.78, 5) is 13.8. The molecule has 0 radical (unpaired) electrons. The molecule has 0 spiro atoms. The smallest absolute Gasteiger partial charge is 0.322 e. The van der Waals surface area contributed by atoms with Crippen molar-refractivity contribution < 1.29 is 9.18 Å². The number of amides is 2. The number of hydrogen-bond donors (Lipinski definition) is 1. The third-order valence-electron chi connectivity index (χ3n) is 3.24. The van der Waals surface area contributed by atoms with Gasteiger partial charge in [0.1, 0.15) is 5.82 Å². The summed E-state index contributed by atoms with van der Waals surface area (Å²) in [5.41, 5.74) is 0.223. The Morgan fingerprint density at radius 2 is 2.28 bits per heavy atom. The fourth-order valence-electron chi connectivity index (χ4n) is 2.18. The number of carbonyl (C=O) groups excluding carboxylic acids is 1. The molecule has 1 aromatic rings. The lowest BCUT2D eigenvalue weighted by atomic mass is 10.0. The average Bonchev–Trinajstić information content (AvgIpc) is 2.33. The maximum atomic E-state index is 13.6. The molecule has 1 heterocycles. The molecule has 0 aliphatic carbocycles. The maximum Gasteiger partial charge on any atom is 0.322 e. The zero-order chi connectivity index (χ0) is 13.1. The average molecular weight is 315 g/mol. The van der Waals surface area contributed by atoms with Gasteiger partial charge in [0.05, 0.1) is 5.69 Å². The lowest BCUT2D eigenvalue weighted by Gasteiger charge is -2.33. The van der Waals surface area contributed by atoms with E-state index >= 15 is 0 Å². The first-order chi connectivity index (χ1) is 8.58. The summed E-state index contributed by atoms with van der Waals surface area (Å²) in [7, 11) is 0. The zero-order valence-electron chi connectivity index (χ0n) is 10.2. The highest BCUT2D eigenvalue weighted by molar-refractivity contribution is 9.10. The molecule has 1 aliphatic rings. The van der Waals surface area contributed by atoms with Crippen molar-refractivity contribution in [3.8, 4) is 0 Å². The first-order valence-corrected chi connectivity index (χ1v) is 6.90. The molecule has 0 aromatic heterocycles. The van der Waals surface area contributed by atoms with Gasteiger partial charge in [-0.3, -0.25) is 0 Å². The van der Waals surface area contributed by atoms with Gasteiger partial charge in [0.2, 0.25) is 0 Å². The Labute approximate surface area is 114 Å². The molecular weight excluding hydrogens is 299 g/mol. The van der Waals surface area contributed by atoms with Gasteiger partial charge in [-0.15, -0.1) is 0 Å². The lowest BCUT2D eigenvalue weighted by molar-refractivity contribution is 0.170. The molecule has 1 N–H and O–H groups in total. The predicted molar refractivity (Wildman–Crippen MR) is 73.1 cm³/mol. The third-order valence-corrected chi connectivity index (χ3v) is 3.73. The largest absolute Gasteiger partial charge is 0.322 e. The number of piperidine rings is 1. The first-order valence-electron chi connectivity index (χ1n) is 6.10. The van der Waals surface area contributed by atoms with E-state index in [4.69, 9.17) is 0 Å². The van der Waals surface area contributed by atoms with E-state index in [-0.39, 0.29) is 17.8 Å². The number of carbonyl (C=O) groups is 1. The van der Waals surface area contributed by atoms with Crippen LogP contribution < -0.4 is 5.32 Å². The Hall–Kier alpha value is -1.10. The van der Waals surface area contributed by atoms with Crippen molar-refractivity contribution in [1.29, 1.82) is 0 Å². The molecule has 2 rings (SSSR count). The van der Waals surface area contributed by atoms with Crippen LogP contribution in [0.15, 0.2) is 22.7 Å². The van der Waals surface area contributed by atoms with Crippen LogP contribution in [0, 0.1) is 5.82 Å². The standard InChI is InChI=1S/C13H16BrFN2O/c1-9-4-2-3-7-17(9)13(18)16-12-6-5-10(14)8-11(12)15/h5-6,8-9H,2-4,7H2,1H3,(H,16,18). The minimum Gasteiger partial charge on any atom is -0.322 e.